The summed E-state index contributed by atoms with van der Waals surface area (Å²) in [5, 5.41) is 9.89. The Labute approximate surface area is 67.8 Å². The Balaban J connectivity index is 1.97. The van der Waals surface area contributed by atoms with E-state index < -0.39 is 0 Å². The molecule has 3 fully saturated rings. The van der Waals surface area contributed by atoms with Gasteiger partial charge in [0, 0.05) is 0 Å². The Bertz CT molecular complexity index is 156. The molecule has 11 heavy (non-hydrogen) atoms. The largest absolute Gasteiger partial charge is 0.393 e. The molecular formula is C10H16O. The van der Waals surface area contributed by atoms with Gasteiger partial charge in [-0.15, -0.1) is 0 Å². The molecule has 5 atom stereocenters. The average molecular weight is 152 g/mol. The molecule has 0 spiro atoms. The van der Waals surface area contributed by atoms with Crippen molar-refractivity contribution in [1.29, 1.82) is 0 Å². The average Bonchev–Trinajstić information content (AvgIpc) is 2.42. The normalized spacial score (nSPS) is 60.3. The third-order valence-corrected chi connectivity index (χ3v) is 4.44. The predicted octanol–water partition coefficient (Wildman–Crippen LogP) is 1.80. The van der Waals surface area contributed by atoms with Crippen molar-refractivity contribution in [2.45, 2.75) is 38.2 Å². The molecule has 0 aromatic heterocycles. The fourth-order valence-corrected chi connectivity index (χ4v) is 3.90. The maximum Gasteiger partial charge on any atom is 0.0601 e. The molecule has 0 saturated heterocycles. The minimum atomic E-state index is 0.0984. The Kier molecular flexibility index (Phi) is 1.18. The predicted molar refractivity (Wildman–Crippen MR) is 43.1 cm³/mol. The van der Waals surface area contributed by atoms with Gasteiger partial charge in [-0.25, -0.2) is 0 Å². The summed E-state index contributed by atoms with van der Waals surface area (Å²) < 4.78 is 0. The van der Waals surface area contributed by atoms with Gasteiger partial charge in [0.05, 0.1) is 6.10 Å². The van der Waals surface area contributed by atoms with Gasteiger partial charge in [-0.2, -0.15) is 0 Å². The van der Waals surface area contributed by atoms with Crippen molar-refractivity contribution in [3.8, 4) is 0 Å². The van der Waals surface area contributed by atoms with Crippen LogP contribution in [0.3, 0.4) is 0 Å². The smallest absolute Gasteiger partial charge is 0.0601 e. The second kappa shape index (κ2) is 2.01. The lowest BCUT2D eigenvalue weighted by atomic mass is 9.77. The summed E-state index contributed by atoms with van der Waals surface area (Å²) in [6, 6.07) is 0. The molecule has 3 aliphatic carbocycles. The summed E-state index contributed by atoms with van der Waals surface area (Å²) in [5.74, 6) is 3.24. The Hall–Kier alpha value is -0.0400. The monoisotopic (exact) mass is 152 g/mol. The second-order valence-electron chi connectivity index (χ2n) is 4.73. The molecule has 3 rings (SSSR count). The summed E-state index contributed by atoms with van der Waals surface area (Å²) in [7, 11) is 0. The van der Waals surface area contributed by atoms with Crippen LogP contribution in [0.25, 0.3) is 0 Å². The van der Waals surface area contributed by atoms with Crippen LogP contribution in [0.1, 0.15) is 32.1 Å². The number of rotatable bonds is 0. The lowest BCUT2D eigenvalue weighted by Gasteiger charge is -2.31. The number of aliphatic hydroxyl groups excluding tert-OH is 1. The van der Waals surface area contributed by atoms with Crippen LogP contribution in [0, 0.1) is 23.7 Å². The summed E-state index contributed by atoms with van der Waals surface area (Å²) in [4.78, 5) is 0. The maximum absolute atomic E-state index is 9.89. The highest BCUT2D eigenvalue weighted by molar-refractivity contribution is 5.01. The SMILES string of the molecule is OC1[C@H]2CC[C@@H]1[C@@H]1CC[C@H]2C1. The van der Waals surface area contributed by atoms with Crippen LogP contribution in [0.2, 0.25) is 0 Å². The van der Waals surface area contributed by atoms with Crippen molar-refractivity contribution < 1.29 is 5.11 Å². The summed E-state index contributed by atoms with van der Waals surface area (Å²) in [5.41, 5.74) is 0. The Morgan fingerprint density at radius 1 is 0.818 bits per heavy atom. The van der Waals surface area contributed by atoms with Gasteiger partial charge in [-0.3, -0.25) is 0 Å². The van der Waals surface area contributed by atoms with E-state index in [1.165, 1.54) is 32.1 Å². The van der Waals surface area contributed by atoms with Crippen molar-refractivity contribution in [1.82, 2.24) is 0 Å². The van der Waals surface area contributed by atoms with Crippen LogP contribution in [-0.2, 0) is 0 Å². The number of hydrogen-bond acceptors (Lipinski definition) is 1. The van der Waals surface area contributed by atoms with Crippen molar-refractivity contribution in [2.24, 2.45) is 23.7 Å². The fraction of sp³-hybridized carbons (Fsp3) is 1.00. The first kappa shape index (κ1) is 6.47. The second-order valence-corrected chi connectivity index (χ2v) is 4.73. The molecule has 1 unspecified atom stereocenters. The van der Waals surface area contributed by atoms with Crippen LogP contribution >= 0.6 is 0 Å². The molecule has 0 aliphatic heterocycles. The van der Waals surface area contributed by atoms with E-state index in [-0.39, 0.29) is 6.10 Å². The molecule has 4 bridgehead atoms. The molecule has 0 amide bonds. The van der Waals surface area contributed by atoms with Crippen LogP contribution in [0.15, 0.2) is 0 Å². The van der Waals surface area contributed by atoms with Gasteiger partial charge in [0.15, 0.2) is 0 Å². The molecular weight excluding hydrogens is 136 g/mol. The van der Waals surface area contributed by atoms with E-state index in [4.69, 9.17) is 0 Å². The lowest BCUT2D eigenvalue weighted by molar-refractivity contribution is 0.0223. The minimum absolute atomic E-state index is 0.0984. The summed E-state index contributed by atoms with van der Waals surface area (Å²) in [6.07, 6.45) is 7.04. The van der Waals surface area contributed by atoms with Crippen LogP contribution in [-0.4, -0.2) is 11.2 Å². The van der Waals surface area contributed by atoms with Gasteiger partial charge in [-0.05, 0) is 55.8 Å². The first-order valence-corrected chi connectivity index (χ1v) is 5.04. The van der Waals surface area contributed by atoms with Crippen molar-refractivity contribution >= 4 is 0 Å². The quantitative estimate of drug-likeness (QED) is 0.561. The molecule has 0 aromatic carbocycles. The Morgan fingerprint density at radius 2 is 1.36 bits per heavy atom. The van der Waals surface area contributed by atoms with E-state index in [0.717, 1.165) is 11.8 Å². The van der Waals surface area contributed by atoms with Crippen molar-refractivity contribution in [2.75, 3.05) is 0 Å². The molecule has 1 nitrogen and oxygen atoms in total. The van der Waals surface area contributed by atoms with E-state index in [2.05, 4.69) is 0 Å². The standard InChI is InChI=1S/C10H16O/c11-10-8-3-4-9(10)7-2-1-6(8)5-7/h6-11H,1-5H2/t6-,7+,8-,9+,10?. The van der Waals surface area contributed by atoms with Crippen molar-refractivity contribution in [3.05, 3.63) is 0 Å². The first-order valence-electron chi connectivity index (χ1n) is 5.04. The number of fused-ring (bicyclic) bond motifs is 6. The fourth-order valence-electron chi connectivity index (χ4n) is 3.90. The zero-order chi connectivity index (χ0) is 7.42. The highest BCUT2D eigenvalue weighted by Gasteiger charge is 2.50. The van der Waals surface area contributed by atoms with Gasteiger partial charge >= 0.3 is 0 Å². The van der Waals surface area contributed by atoms with Gasteiger partial charge in [0.1, 0.15) is 0 Å². The first-order chi connectivity index (χ1) is 5.36. The molecule has 62 valence electrons. The van der Waals surface area contributed by atoms with Gasteiger partial charge in [0.2, 0.25) is 0 Å². The van der Waals surface area contributed by atoms with Gasteiger partial charge < -0.3 is 5.11 Å². The third kappa shape index (κ3) is 0.703. The molecule has 1 N–H and O–H groups in total. The van der Waals surface area contributed by atoms with E-state index in [0.29, 0.717) is 11.8 Å². The van der Waals surface area contributed by atoms with E-state index in [9.17, 15) is 5.11 Å². The molecule has 0 radical (unpaired) electrons. The molecule has 0 heterocycles. The zero-order valence-electron chi connectivity index (χ0n) is 6.87. The van der Waals surface area contributed by atoms with Crippen LogP contribution in [0.5, 0.6) is 0 Å². The Morgan fingerprint density at radius 3 is 1.91 bits per heavy atom. The van der Waals surface area contributed by atoms with Crippen LogP contribution in [0.4, 0.5) is 0 Å². The molecule has 3 aliphatic rings. The van der Waals surface area contributed by atoms with Gasteiger partial charge in [0.25, 0.3) is 0 Å². The summed E-state index contributed by atoms with van der Waals surface area (Å²) in [6.45, 7) is 0. The highest BCUT2D eigenvalue weighted by atomic mass is 16.3. The highest BCUT2D eigenvalue weighted by Crippen LogP contribution is 2.55. The third-order valence-electron chi connectivity index (χ3n) is 4.44. The minimum Gasteiger partial charge on any atom is -0.393 e. The van der Waals surface area contributed by atoms with Gasteiger partial charge in [-0.1, -0.05) is 0 Å². The van der Waals surface area contributed by atoms with E-state index in [1.54, 1.807) is 0 Å². The number of hydrogen-bond donors (Lipinski definition) is 1. The topological polar surface area (TPSA) is 20.2 Å². The number of aliphatic hydroxyl groups is 1. The maximum atomic E-state index is 9.89. The van der Waals surface area contributed by atoms with E-state index in [1.807, 2.05) is 0 Å². The molecule has 0 aromatic rings. The van der Waals surface area contributed by atoms with Crippen molar-refractivity contribution in [3.63, 3.8) is 0 Å². The molecule has 3 saturated carbocycles. The van der Waals surface area contributed by atoms with Crippen LogP contribution < -0.4 is 0 Å². The molecule has 1 heteroatoms. The summed E-state index contributed by atoms with van der Waals surface area (Å²) >= 11 is 0. The van der Waals surface area contributed by atoms with E-state index >= 15 is 0 Å². The zero-order valence-corrected chi connectivity index (χ0v) is 6.87. The lowest BCUT2D eigenvalue weighted by Crippen LogP contribution is -2.33.